The molecule has 1 unspecified atom stereocenters. The molecule has 28 heavy (non-hydrogen) atoms. The van der Waals surface area contributed by atoms with Crippen molar-refractivity contribution in [3.05, 3.63) is 53.1 Å². The van der Waals surface area contributed by atoms with Crippen molar-refractivity contribution in [3.63, 3.8) is 0 Å². The van der Waals surface area contributed by atoms with Gasteiger partial charge < -0.3 is 23.9 Å². The predicted octanol–water partition coefficient (Wildman–Crippen LogP) is 3.74. The van der Waals surface area contributed by atoms with Crippen LogP contribution in [0.25, 0.3) is 11.1 Å². The Hall–Kier alpha value is -2.89. The summed E-state index contributed by atoms with van der Waals surface area (Å²) in [5.74, 6) is 1.49. The quantitative estimate of drug-likeness (QED) is 0.811. The second kappa shape index (κ2) is 6.33. The van der Waals surface area contributed by atoms with E-state index in [0.29, 0.717) is 11.9 Å². The van der Waals surface area contributed by atoms with Crippen LogP contribution in [0.2, 0.25) is 0 Å². The van der Waals surface area contributed by atoms with Crippen molar-refractivity contribution in [1.82, 2.24) is 9.88 Å². The number of rotatable bonds is 3. The summed E-state index contributed by atoms with van der Waals surface area (Å²) in [5, 5.41) is 0. The smallest absolute Gasteiger partial charge is 0.297 e. The van der Waals surface area contributed by atoms with E-state index in [1.54, 1.807) is 7.11 Å². The Morgan fingerprint density at radius 2 is 2.11 bits per heavy atom. The van der Waals surface area contributed by atoms with Crippen LogP contribution >= 0.6 is 0 Å². The number of methoxy groups -OCH3 is 1. The fraction of sp³-hybridized carbons (Fsp3) is 0.409. The summed E-state index contributed by atoms with van der Waals surface area (Å²) in [5.41, 5.74) is 7.33. The summed E-state index contributed by atoms with van der Waals surface area (Å²) < 4.78 is 11.4. The lowest BCUT2D eigenvalue weighted by Crippen LogP contribution is -2.33. The molecule has 6 heteroatoms. The lowest BCUT2D eigenvalue weighted by molar-refractivity contribution is 0.264. The first kappa shape index (κ1) is 17.2. The highest BCUT2D eigenvalue weighted by Gasteiger charge is 2.38. The Morgan fingerprint density at radius 3 is 2.89 bits per heavy atom. The van der Waals surface area contributed by atoms with Crippen LogP contribution in [0.1, 0.15) is 12.8 Å². The molecule has 2 aromatic rings. The third-order valence-electron chi connectivity index (χ3n) is 6.14. The van der Waals surface area contributed by atoms with Crippen molar-refractivity contribution in [2.24, 2.45) is 5.92 Å². The van der Waals surface area contributed by atoms with Gasteiger partial charge in [-0.05, 0) is 29.9 Å². The number of aromatic nitrogens is 1. The molecule has 0 saturated heterocycles. The Labute approximate surface area is 165 Å². The number of ether oxygens (including phenoxy) is 1. The van der Waals surface area contributed by atoms with Crippen LogP contribution in [-0.2, 0) is 4.74 Å². The molecular formula is C22H26N4O2. The van der Waals surface area contributed by atoms with Gasteiger partial charge >= 0.3 is 0 Å². The van der Waals surface area contributed by atoms with E-state index in [1.165, 1.54) is 22.7 Å². The van der Waals surface area contributed by atoms with Crippen LogP contribution < -0.4 is 9.80 Å². The molecule has 5 rings (SSSR count). The summed E-state index contributed by atoms with van der Waals surface area (Å²) in [6.45, 7) is 1.95. The zero-order valence-electron chi connectivity index (χ0n) is 16.9. The lowest BCUT2D eigenvalue weighted by atomic mass is 9.88. The SMILES string of the molecule is COC1=CC=C2C(C1)C1=C(CCN(c3ccc4nc(N(C)C)oc4c3)C1)N2C. The van der Waals surface area contributed by atoms with Gasteiger partial charge in [0.25, 0.3) is 6.01 Å². The highest BCUT2D eigenvalue weighted by molar-refractivity contribution is 5.79. The zero-order chi connectivity index (χ0) is 19.4. The number of hydrogen-bond donors (Lipinski definition) is 0. The third-order valence-corrected chi connectivity index (χ3v) is 6.14. The molecular weight excluding hydrogens is 352 g/mol. The van der Waals surface area contributed by atoms with Gasteiger partial charge in [-0.2, -0.15) is 4.98 Å². The molecule has 0 N–H and O–H groups in total. The summed E-state index contributed by atoms with van der Waals surface area (Å²) in [7, 11) is 7.85. The van der Waals surface area contributed by atoms with E-state index in [-0.39, 0.29) is 0 Å². The maximum absolute atomic E-state index is 5.91. The molecule has 0 amide bonds. The molecule has 3 aliphatic rings. The lowest BCUT2D eigenvalue weighted by Gasteiger charge is -2.32. The van der Waals surface area contributed by atoms with E-state index in [9.17, 15) is 0 Å². The van der Waals surface area contributed by atoms with Gasteiger partial charge in [0.15, 0.2) is 5.58 Å². The first-order chi connectivity index (χ1) is 13.5. The molecule has 1 aromatic carbocycles. The van der Waals surface area contributed by atoms with Gasteiger partial charge in [0, 0.05) is 76.1 Å². The van der Waals surface area contributed by atoms with Crippen molar-refractivity contribution in [2.45, 2.75) is 12.8 Å². The Balaban J connectivity index is 1.44. The molecule has 0 bridgehead atoms. The van der Waals surface area contributed by atoms with Gasteiger partial charge in [-0.1, -0.05) is 0 Å². The average Bonchev–Trinajstić information content (AvgIpc) is 3.27. The number of oxazole rings is 1. The predicted molar refractivity (Wildman–Crippen MR) is 111 cm³/mol. The first-order valence-electron chi connectivity index (χ1n) is 9.78. The molecule has 0 radical (unpaired) electrons. The molecule has 1 atom stereocenters. The minimum Gasteiger partial charge on any atom is -0.501 e. The van der Waals surface area contributed by atoms with Crippen LogP contribution in [-0.4, -0.2) is 51.2 Å². The summed E-state index contributed by atoms with van der Waals surface area (Å²) >= 11 is 0. The Morgan fingerprint density at radius 1 is 1.25 bits per heavy atom. The highest BCUT2D eigenvalue weighted by Crippen LogP contribution is 2.45. The molecule has 6 nitrogen and oxygen atoms in total. The monoisotopic (exact) mass is 378 g/mol. The van der Waals surface area contributed by atoms with Gasteiger partial charge in [0.05, 0.1) is 12.9 Å². The number of hydrogen-bond acceptors (Lipinski definition) is 6. The van der Waals surface area contributed by atoms with Crippen LogP contribution in [0.4, 0.5) is 11.7 Å². The summed E-state index contributed by atoms with van der Waals surface area (Å²) in [6.07, 6.45) is 6.34. The van der Waals surface area contributed by atoms with Gasteiger partial charge in [-0.3, -0.25) is 0 Å². The number of benzene rings is 1. The molecule has 2 aliphatic heterocycles. The normalized spacial score (nSPS) is 21.5. The van der Waals surface area contributed by atoms with Crippen molar-refractivity contribution in [1.29, 1.82) is 0 Å². The molecule has 146 valence electrons. The van der Waals surface area contributed by atoms with Crippen LogP contribution in [0, 0.1) is 5.92 Å². The van der Waals surface area contributed by atoms with Crippen LogP contribution in [0.5, 0.6) is 0 Å². The Bertz CT molecular complexity index is 1030. The van der Waals surface area contributed by atoms with Crippen LogP contribution in [0.3, 0.4) is 0 Å². The maximum Gasteiger partial charge on any atom is 0.297 e. The molecule has 1 aromatic heterocycles. The van der Waals surface area contributed by atoms with E-state index in [0.717, 1.165) is 42.8 Å². The topological polar surface area (TPSA) is 45.0 Å². The van der Waals surface area contributed by atoms with Crippen LogP contribution in [0.15, 0.2) is 57.5 Å². The molecule has 1 aliphatic carbocycles. The van der Waals surface area contributed by atoms with Gasteiger partial charge in [-0.15, -0.1) is 0 Å². The molecule has 0 spiro atoms. The molecule has 0 saturated carbocycles. The highest BCUT2D eigenvalue weighted by atomic mass is 16.5. The zero-order valence-corrected chi connectivity index (χ0v) is 16.9. The van der Waals surface area contributed by atoms with Crippen molar-refractivity contribution in [3.8, 4) is 0 Å². The van der Waals surface area contributed by atoms with Crippen molar-refractivity contribution in [2.75, 3.05) is 51.1 Å². The van der Waals surface area contributed by atoms with E-state index in [2.05, 4.69) is 52.2 Å². The van der Waals surface area contributed by atoms with E-state index in [1.807, 2.05) is 19.0 Å². The van der Waals surface area contributed by atoms with Gasteiger partial charge in [-0.25, -0.2) is 0 Å². The average molecular weight is 378 g/mol. The third kappa shape index (κ3) is 2.58. The van der Waals surface area contributed by atoms with Gasteiger partial charge in [0.2, 0.25) is 0 Å². The summed E-state index contributed by atoms with van der Waals surface area (Å²) in [6, 6.07) is 6.98. The van der Waals surface area contributed by atoms with Gasteiger partial charge in [0.1, 0.15) is 5.52 Å². The van der Waals surface area contributed by atoms with E-state index < -0.39 is 0 Å². The van der Waals surface area contributed by atoms with Crippen molar-refractivity contribution < 1.29 is 9.15 Å². The minimum absolute atomic E-state index is 0.428. The minimum atomic E-state index is 0.428. The van der Waals surface area contributed by atoms with E-state index in [4.69, 9.17) is 9.15 Å². The van der Waals surface area contributed by atoms with Crippen molar-refractivity contribution >= 4 is 22.8 Å². The first-order valence-corrected chi connectivity index (χ1v) is 9.78. The molecule has 0 fully saturated rings. The number of fused-ring (bicyclic) bond motifs is 3. The standard InChI is InChI=1S/C22H26N4O2/c1-24(2)22-23-18-7-5-14(11-21(18)28-22)26-10-9-20-17(13-26)16-12-15(27-4)6-8-19(16)25(20)3/h5-8,11,16H,9-10,12-13H2,1-4H3. The maximum atomic E-state index is 5.91. The van der Waals surface area contributed by atoms with E-state index >= 15 is 0 Å². The fourth-order valence-corrected chi connectivity index (χ4v) is 4.60. The molecule has 3 heterocycles. The number of nitrogens with zero attached hydrogens (tertiary/aromatic N) is 4. The number of allylic oxidation sites excluding steroid dienone is 4. The summed E-state index contributed by atoms with van der Waals surface area (Å²) in [4.78, 5) is 11.3. The Kier molecular flexibility index (Phi) is 3.89. The largest absolute Gasteiger partial charge is 0.501 e. The fourth-order valence-electron chi connectivity index (χ4n) is 4.60. The second-order valence-electron chi connectivity index (χ2n) is 7.93. The second-order valence-corrected chi connectivity index (χ2v) is 7.93. The number of anilines is 2.